The van der Waals surface area contributed by atoms with Crippen molar-refractivity contribution in [2.75, 3.05) is 20.3 Å². The van der Waals surface area contributed by atoms with E-state index in [4.69, 9.17) is 42.1 Å². The molecule has 1 saturated heterocycles. The first-order chi connectivity index (χ1) is 16.4. The van der Waals surface area contributed by atoms with Gasteiger partial charge in [0.25, 0.3) is 5.91 Å². The van der Waals surface area contributed by atoms with Gasteiger partial charge in [-0.3, -0.25) is 4.79 Å². The van der Waals surface area contributed by atoms with Crippen molar-refractivity contribution in [2.24, 2.45) is 4.99 Å². The molecule has 0 atom stereocenters. The maximum atomic E-state index is 13.0. The van der Waals surface area contributed by atoms with Crippen molar-refractivity contribution in [2.45, 2.75) is 13.0 Å². The van der Waals surface area contributed by atoms with Gasteiger partial charge < -0.3 is 18.9 Å². The van der Waals surface area contributed by atoms with Crippen molar-refractivity contribution in [1.82, 2.24) is 0 Å². The average molecular weight is 565 g/mol. The van der Waals surface area contributed by atoms with Crippen LogP contribution in [0.1, 0.15) is 22.3 Å². The molecule has 0 N–H and O–H groups in total. The Morgan fingerprint density at radius 3 is 2.41 bits per heavy atom. The van der Waals surface area contributed by atoms with Crippen molar-refractivity contribution in [1.29, 1.82) is 0 Å². The minimum atomic E-state index is -0.441. The molecule has 176 valence electrons. The molecule has 0 unspecified atom stereocenters. The largest absolute Gasteiger partial charge is 0.497 e. The lowest BCUT2D eigenvalue weighted by Gasteiger charge is -2.14. The Bertz CT molecular complexity index is 1200. The Balaban J connectivity index is 1.62. The second kappa shape index (κ2) is 11.2. The molecule has 1 fully saturated rings. The third-order valence-corrected chi connectivity index (χ3v) is 6.00. The van der Waals surface area contributed by atoms with E-state index in [-0.39, 0.29) is 17.9 Å². The molecule has 0 bridgehead atoms. The van der Waals surface area contributed by atoms with Crippen LogP contribution in [0.4, 0.5) is 0 Å². The predicted molar refractivity (Wildman–Crippen MR) is 135 cm³/mol. The Labute approximate surface area is 215 Å². The van der Waals surface area contributed by atoms with Crippen LogP contribution in [0, 0.1) is 0 Å². The molecule has 0 saturated carbocycles. The van der Waals surface area contributed by atoms with Crippen LogP contribution < -0.4 is 14.2 Å². The zero-order chi connectivity index (χ0) is 24.1. The van der Waals surface area contributed by atoms with Gasteiger partial charge in [0.15, 0.2) is 5.75 Å². The molecule has 1 aliphatic rings. The van der Waals surface area contributed by atoms with E-state index in [0.717, 1.165) is 15.8 Å². The molecular formula is C25H20BrCl2NO5. The molecule has 34 heavy (non-hydrogen) atoms. The van der Waals surface area contributed by atoms with E-state index in [2.05, 4.69) is 20.9 Å². The summed E-state index contributed by atoms with van der Waals surface area (Å²) in [5.41, 5.74) is 1.87. The maximum absolute atomic E-state index is 13.0. The fourth-order valence-corrected chi connectivity index (χ4v) is 4.52. The average Bonchev–Trinajstić information content (AvgIpc) is 3.33. The number of rotatable bonds is 7. The van der Waals surface area contributed by atoms with Crippen LogP contribution in [-0.2, 0) is 11.3 Å². The molecule has 0 radical (unpaired) electrons. The number of hydrogen-bond donors (Lipinski definition) is 0. The topological polar surface area (TPSA) is 66.4 Å². The summed E-state index contributed by atoms with van der Waals surface area (Å²) in [6.07, 6.45) is 0.619. The van der Waals surface area contributed by atoms with E-state index >= 15 is 0 Å². The highest BCUT2D eigenvalue weighted by molar-refractivity contribution is 9.10. The number of halogens is 3. The highest BCUT2D eigenvalue weighted by Gasteiger charge is 2.19. The molecule has 0 aromatic heterocycles. The summed E-state index contributed by atoms with van der Waals surface area (Å²) in [6.45, 7) is 1.15. The van der Waals surface area contributed by atoms with Crippen LogP contribution in [0.3, 0.4) is 0 Å². The van der Waals surface area contributed by atoms with Gasteiger partial charge in [0, 0.05) is 10.9 Å². The smallest absolute Gasteiger partial charge is 0.280 e. The fraction of sp³-hybridized carbons (Fsp3) is 0.200. The van der Waals surface area contributed by atoms with Gasteiger partial charge in [0.05, 0.1) is 41.6 Å². The molecule has 0 aliphatic carbocycles. The van der Waals surface area contributed by atoms with Gasteiger partial charge in [-0.1, -0.05) is 51.3 Å². The lowest BCUT2D eigenvalue weighted by Crippen LogP contribution is -2.07. The molecule has 0 spiro atoms. The van der Waals surface area contributed by atoms with E-state index < -0.39 is 5.91 Å². The van der Waals surface area contributed by atoms with E-state index in [1.54, 1.807) is 37.4 Å². The van der Waals surface area contributed by atoms with Gasteiger partial charge in [-0.25, -0.2) is 4.99 Å². The second-order valence-electron chi connectivity index (χ2n) is 7.38. The van der Waals surface area contributed by atoms with Gasteiger partial charge in [-0.05, 0) is 48.0 Å². The van der Waals surface area contributed by atoms with Crippen LogP contribution >= 0.6 is 39.1 Å². The first-order valence-electron chi connectivity index (χ1n) is 10.3. The number of carbonyl (C=O) groups is 1. The molecular weight excluding hydrogens is 545 g/mol. The number of ether oxygens (including phenoxy) is 4. The van der Waals surface area contributed by atoms with Crippen LogP contribution in [-0.4, -0.2) is 31.9 Å². The molecule has 6 nitrogen and oxygen atoms in total. The quantitative estimate of drug-likeness (QED) is 0.305. The Hall–Kier alpha value is -2.58. The van der Waals surface area contributed by atoms with E-state index in [0.29, 0.717) is 46.9 Å². The SMILES string of the molecule is COc1ccc(COc2ccc(Oc3c(Cl)cc(Br)cc3Cl)cc2C(=O)/N=C2\CCOC2)cc1. The Morgan fingerprint density at radius 2 is 1.76 bits per heavy atom. The number of amides is 1. The Morgan fingerprint density at radius 1 is 1.06 bits per heavy atom. The van der Waals surface area contributed by atoms with Gasteiger partial charge in [-0.15, -0.1) is 0 Å². The minimum absolute atomic E-state index is 0.258. The standard InChI is InChI=1S/C25H20BrCl2NO5/c1-31-18-4-2-15(3-5-18)13-33-23-7-6-19(34-24-21(27)10-16(26)11-22(24)28)12-20(23)25(30)29-17-8-9-32-14-17/h2-7,10-12H,8-9,13-14H2,1H3/b29-17+. The summed E-state index contributed by atoms with van der Waals surface area (Å²) < 4.78 is 23.1. The normalized spacial score (nSPS) is 14.3. The molecule has 1 amide bonds. The van der Waals surface area contributed by atoms with Crippen LogP contribution in [0.25, 0.3) is 0 Å². The zero-order valence-electron chi connectivity index (χ0n) is 18.1. The third kappa shape index (κ3) is 6.10. The van der Waals surface area contributed by atoms with Crippen molar-refractivity contribution in [3.8, 4) is 23.0 Å². The second-order valence-corrected chi connectivity index (χ2v) is 9.11. The monoisotopic (exact) mass is 563 g/mol. The summed E-state index contributed by atoms with van der Waals surface area (Å²) in [7, 11) is 1.61. The number of carbonyl (C=O) groups excluding carboxylic acids is 1. The summed E-state index contributed by atoms with van der Waals surface area (Å²) in [5.74, 6) is 1.34. The zero-order valence-corrected chi connectivity index (χ0v) is 21.2. The van der Waals surface area contributed by atoms with Crippen molar-refractivity contribution in [3.63, 3.8) is 0 Å². The highest BCUT2D eigenvalue weighted by Crippen LogP contribution is 2.39. The lowest BCUT2D eigenvalue weighted by molar-refractivity contribution is 0.0997. The molecule has 1 aliphatic heterocycles. The molecule has 3 aromatic carbocycles. The molecule has 3 aromatic rings. The summed E-state index contributed by atoms with van der Waals surface area (Å²) in [4.78, 5) is 17.3. The number of hydrogen-bond acceptors (Lipinski definition) is 5. The number of nitrogens with zero attached hydrogens (tertiary/aromatic N) is 1. The number of benzene rings is 3. The first kappa shape index (κ1) is 24.5. The van der Waals surface area contributed by atoms with Gasteiger partial charge in [-0.2, -0.15) is 0 Å². The summed E-state index contributed by atoms with van der Waals surface area (Å²) in [5, 5.41) is 0.658. The van der Waals surface area contributed by atoms with Crippen LogP contribution in [0.5, 0.6) is 23.0 Å². The fourth-order valence-electron chi connectivity index (χ4n) is 3.24. The van der Waals surface area contributed by atoms with Gasteiger partial charge >= 0.3 is 0 Å². The number of aliphatic imine (C=N–C) groups is 1. The van der Waals surface area contributed by atoms with E-state index in [9.17, 15) is 4.79 Å². The highest BCUT2D eigenvalue weighted by atomic mass is 79.9. The summed E-state index contributed by atoms with van der Waals surface area (Å²) >= 11 is 15.9. The lowest BCUT2D eigenvalue weighted by atomic mass is 10.1. The van der Waals surface area contributed by atoms with Crippen molar-refractivity contribution >= 4 is 50.8 Å². The Kier molecular flexibility index (Phi) is 8.11. The predicted octanol–water partition coefficient (Wildman–Crippen LogP) is 7.14. The third-order valence-electron chi connectivity index (χ3n) is 4.98. The maximum Gasteiger partial charge on any atom is 0.280 e. The molecule has 9 heteroatoms. The number of methoxy groups -OCH3 is 1. The first-order valence-corrected chi connectivity index (χ1v) is 11.9. The summed E-state index contributed by atoms with van der Waals surface area (Å²) in [6, 6.07) is 15.7. The van der Waals surface area contributed by atoms with Crippen LogP contribution in [0.15, 0.2) is 64.1 Å². The van der Waals surface area contributed by atoms with Crippen molar-refractivity contribution < 1.29 is 23.7 Å². The van der Waals surface area contributed by atoms with Crippen LogP contribution in [0.2, 0.25) is 10.0 Å². The molecule has 1 heterocycles. The van der Waals surface area contributed by atoms with Crippen molar-refractivity contribution in [3.05, 3.63) is 80.2 Å². The van der Waals surface area contributed by atoms with E-state index in [1.807, 2.05) is 24.3 Å². The van der Waals surface area contributed by atoms with Gasteiger partial charge in [0.2, 0.25) is 0 Å². The van der Waals surface area contributed by atoms with E-state index in [1.165, 1.54) is 0 Å². The minimum Gasteiger partial charge on any atom is -0.497 e. The van der Waals surface area contributed by atoms with Gasteiger partial charge in [0.1, 0.15) is 23.9 Å². The molecule has 4 rings (SSSR count).